The Labute approximate surface area is 72.4 Å². The predicted octanol–water partition coefficient (Wildman–Crippen LogP) is 3.33. The van der Waals surface area contributed by atoms with Crippen molar-refractivity contribution in [2.45, 2.75) is 58.8 Å². The zero-order chi connectivity index (χ0) is 8.95. The molecule has 11 heavy (non-hydrogen) atoms. The van der Waals surface area contributed by atoms with Crippen LogP contribution in [0.15, 0.2) is 0 Å². The molecule has 1 aliphatic rings. The first kappa shape index (κ1) is 13.5. The lowest BCUT2D eigenvalue weighted by Crippen LogP contribution is -1.85. The van der Waals surface area contributed by atoms with E-state index >= 15 is 0 Å². The van der Waals surface area contributed by atoms with Crippen LogP contribution in [-0.4, -0.2) is 7.05 Å². The van der Waals surface area contributed by atoms with E-state index in [2.05, 4.69) is 19.6 Å². The summed E-state index contributed by atoms with van der Waals surface area (Å²) in [5.74, 6) is 0. The Balaban J connectivity index is 0. The third-order valence-electron chi connectivity index (χ3n) is 1.50. The fourth-order valence-corrected chi connectivity index (χ4v) is 1.06. The second kappa shape index (κ2) is 16.5. The molecule has 0 heterocycles. The minimum atomic E-state index is 1.25. The van der Waals surface area contributed by atoms with E-state index in [-0.39, 0.29) is 0 Å². The molecule has 0 aromatic rings. The van der Waals surface area contributed by atoms with Gasteiger partial charge in [-0.25, -0.2) is 0 Å². The fraction of sp³-hybridized carbons (Fsp3) is 1.00. The minimum Gasteiger partial charge on any atom is -0.333 e. The molecule has 0 unspecified atom stereocenters. The average molecular weight is 159 g/mol. The molecule has 0 aromatic carbocycles. The molecule has 1 heteroatoms. The summed E-state index contributed by atoms with van der Waals surface area (Å²) >= 11 is 0. The molecule has 2 N–H and O–H groups in total. The van der Waals surface area contributed by atoms with Gasteiger partial charge in [-0.2, -0.15) is 0 Å². The van der Waals surface area contributed by atoms with Crippen molar-refractivity contribution in [3.8, 4) is 0 Å². The molecule has 0 atom stereocenters. The van der Waals surface area contributed by atoms with Crippen LogP contribution in [0, 0.1) is 0 Å². The van der Waals surface area contributed by atoms with Gasteiger partial charge in [-0.15, -0.1) is 0 Å². The largest absolute Gasteiger partial charge is 0.333 e. The molecular weight excluding hydrogens is 134 g/mol. The van der Waals surface area contributed by atoms with Crippen molar-refractivity contribution in [3.63, 3.8) is 0 Å². The first-order valence-electron chi connectivity index (χ1n) is 4.99. The molecule has 0 aliphatic heterocycles. The van der Waals surface area contributed by atoms with Crippen LogP contribution in [0.1, 0.15) is 58.8 Å². The molecule has 0 spiro atoms. The Morgan fingerprint density at radius 1 is 0.727 bits per heavy atom. The van der Waals surface area contributed by atoms with E-state index in [4.69, 9.17) is 0 Å². The molecule has 1 aliphatic carbocycles. The standard InChI is InChI=1S/C6H12.C3H8.CH5N/c1-2-4-6-5-3-1;1-3-2;1-2/h1-6H2;3H2,1-2H3;2H2,1H3. The van der Waals surface area contributed by atoms with Crippen LogP contribution < -0.4 is 5.73 Å². The summed E-state index contributed by atoms with van der Waals surface area (Å²) in [5, 5.41) is 0. The highest BCUT2D eigenvalue weighted by Gasteiger charge is 1.95. The number of hydrogen-bond acceptors (Lipinski definition) is 1. The molecule has 0 amide bonds. The molecule has 1 rings (SSSR count). The quantitative estimate of drug-likeness (QED) is 0.576. The minimum absolute atomic E-state index is 1.25. The molecule has 0 saturated heterocycles. The third kappa shape index (κ3) is 17.8. The van der Waals surface area contributed by atoms with E-state index in [0.29, 0.717) is 0 Å². The number of hydrogen-bond donors (Lipinski definition) is 1. The zero-order valence-corrected chi connectivity index (χ0v) is 8.53. The van der Waals surface area contributed by atoms with Gasteiger partial charge < -0.3 is 5.73 Å². The Morgan fingerprint density at radius 3 is 0.909 bits per heavy atom. The molecular formula is C10H25N. The normalized spacial score (nSPS) is 15.3. The first-order valence-corrected chi connectivity index (χ1v) is 4.99. The van der Waals surface area contributed by atoms with Crippen LogP contribution in [0.3, 0.4) is 0 Å². The van der Waals surface area contributed by atoms with Crippen LogP contribution in [0.5, 0.6) is 0 Å². The van der Waals surface area contributed by atoms with Crippen molar-refractivity contribution in [2.75, 3.05) is 7.05 Å². The second-order valence-electron chi connectivity index (χ2n) is 2.83. The van der Waals surface area contributed by atoms with E-state index < -0.39 is 0 Å². The van der Waals surface area contributed by atoms with Gasteiger partial charge in [-0.3, -0.25) is 0 Å². The smallest absolute Gasteiger partial charge is 0.0195 e. The monoisotopic (exact) mass is 159 g/mol. The fourth-order valence-electron chi connectivity index (χ4n) is 1.06. The van der Waals surface area contributed by atoms with Gasteiger partial charge in [0.1, 0.15) is 0 Å². The van der Waals surface area contributed by atoms with Crippen LogP contribution in [0.2, 0.25) is 0 Å². The van der Waals surface area contributed by atoms with Crippen molar-refractivity contribution >= 4 is 0 Å². The van der Waals surface area contributed by atoms with Gasteiger partial charge in [0.25, 0.3) is 0 Å². The van der Waals surface area contributed by atoms with Gasteiger partial charge in [0, 0.05) is 0 Å². The molecule has 0 aromatic heterocycles. The number of rotatable bonds is 0. The van der Waals surface area contributed by atoms with Crippen molar-refractivity contribution in [1.82, 2.24) is 0 Å². The zero-order valence-electron chi connectivity index (χ0n) is 8.53. The van der Waals surface area contributed by atoms with E-state index in [1.165, 1.54) is 52.0 Å². The van der Waals surface area contributed by atoms with Crippen LogP contribution in [0.25, 0.3) is 0 Å². The SMILES string of the molecule is C1CCCCC1.CCC.CN. The summed E-state index contributed by atoms with van der Waals surface area (Å²) in [6, 6.07) is 0. The van der Waals surface area contributed by atoms with Crippen LogP contribution in [0.4, 0.5) is 0 Å². The maximum Gasteiger partial charge on any atom is -0.0195 e. The van der Waals surface area contributed by atoms with E-state index in [9.17, 15) is 0 Å². The lowest BCUT2D eigenvalue weighted by atomic mass is 10.0. The van der Waals surface area contributed by atoms with Crippen LogP contribution in [-0.2, 0) is 0 Å². The predicted molar refractivity (Wildman–Crippen MR) is 53.8 cm³/mol. The van der Waals surface area contributed by atoms with Crippen LogP contribution >= 0.6 is 0 Å². The van der Waals surface area contributed by atoms with E-state index in [1.54, 1.807) is 0 Å². The lowest BCUT2D eigenvalue weighted by molar-refractivity contribution is 0.504. The van der Waals surface area contributed by atoms with Gasteiger partial charge in [-0.05, 0) is 7.05 Å². The molecule has 1 saturated carbocycles. The first-order chi connectivity index (χ1) is 5.41. The maximum atomic E-state index is 4.50. The summed E-state index contributed by atoms with van der Waals surface area (Å²) < 4.78 is 0. The van der Waals surface area contributed by atoms with Gasteiger partial charge in [0.05, 0.1) is 0 Å². The Kier molecular flexibility index (Phi) is 20.3. The lowest BCUT2D eigenvalue weighted by Gasteiger charge is -2.05. The number of nitrogens with two attached hydrogens (primary N) is 1. The summed E-state index contributed by atoms with van der Waals surface area (Å²) in [7, 11) is 1.50. The molecule has 1 nitrogen and oxygen atoms in total. The van der Waals surface area contributed by atoms with E-state index in [1.807, 2.05) is 0 Å². The maximum absolute atomic E-state index is 4.50. The Morgan fingerprint density at radius 2 is 0.818 bits per heavy atom. The molecule has 1 fully saturated rings. The molecule has 70 valence electrons. The second-order valence-corrected chi connectivity index (χ2v) is 2.83. The van der Waals surface area contributed by atoms with Crippen molar-refractivity contribution < 1.29 is 0 Å². The average Bonchev–Trinajstić information content (AvgIpc) is 2.12. The summed E-state index contributed by atoms with van der Waals surface area (Å²) in [6.07, 6.45) is 10.2. The van der Waals surface area contributed by atoms with Crippen molar-refractivity contribution in [1.29, 1.82) is 0 Å². The summed E-state index contributed by atoms with van der Waals surface area (Å²) in [5.41, 5.74) is 4.50. The van der Waals surface area contributed by atoms with E-state index in [0.717, 1.165) is 0 Å². The van der Waals surface area contributed by atoms with Crippen molar-refractivity contribution in [2.24, 2.45) is 5.73 Å². The topological polar surface area (TPSA) is 26.0 Å². The Hall–Kier alpha value is -0.0400. The molecule has 0 radical (unpaired) electrons. The summed E-state index contributed by atoms with van der Waals surface area (Å²) in [4.78, 5) is 0. The van der Waals surface area contributed by atoms with Crippen molar-refractivity contribution in [3.05, 3.63) is 0 Å². The van der Waals surface area contributed by atoms with Gasteiger partial charge >= 0.3 is 0 Å². The Bertz CT molecular complexity index is 28.6. The highest BCUT2D eigenvalue weighted by atomic mass is 14.4. The van der Waals surface area contributed by atoms with Gasteiger partial charge in [-0.1, -0.05) is 58.8 Å². The van der Waals surface area contributed by atoms with Gasteiger partial charge in [0.2, 0.25) is 0 Å². The highest BCUT2D eigenvalue weighted by Crippen LogP contribution is 2.15. The molecule has 0 bridgehead atoms. The highest BCUT2D eigenvalue weighted by molar-refractivity contribution is 4.51. The third-order valence-corrected chi connectivity index (χ3v) is 1.50. The van der Waals surface area contributed by atoms with Gasteiger partial charge in [0.15, 0.2) is 0 Å². The summed E-state index contributed by atoms with van der Waals surface area (Å²) in [6.45, 7) is 4.25.